The van der Waals surface area contributed by atoms with Crippen molar-refractivity contribution in [1.82, 2.24) is 5.32 Å². The van der Waals surface area contributed by atoms with E-state index in [-0.39, 0.29) is 5.82 Å². The van der Waals surface area contributed by atoms with Crippen LogP contribution in [-0.4, -0.2) is 6.54 Å². The van der Waals surface area contributed by atoms with E-state index in [9.17, 15) is 4.39 Å². The molecule has 0 amide bonds. The van der Waals surface area contributed by atoms with Crippen molar-refractivity contribution in [2.75, 3.05) is 6.54 Å². The van der Waals surface area contributed by atoms with Crippen LogP contribution in [0.15, 0.2) is 40.9 Å². The Morgan fingerprint density at radius 2 is 1.95 bits per heavy atom. The zero-order chi connectivity index (χ0) is 15.2. The molecular formula is C17H19BrFNO. The summed E-state index contributed by atoms with van der Waals surface area (Å²) in [5.74, 6) is 1.20. The highest BCUT2D eigenvalue weighted by atomic mass is 79.9. The summed E-state index contributed by atoms with van der Waals surface area (Å²) in [7, 11) is 0. The highest BCUT2D eigenvalue weighted by Gasteiger charge is 2.08. The van der Waals surface area contributed by atoms with E-state index in [2.05, 4.69) is 28.2 Å². The summed E-state index contributed by atoms with van der Waals surface area (Å²) < 4.78 is 20.1. The van der Waals surface area contributed by atoms with Gasteiger partial charge in [0.2, 0.25) is 0 Å². The molecule has 0 atom stereocenters. The third-order valence-corrected chi connectivity index (χ3v) is 3.62. The van der Waals surface area contributed by atoms with Crippen molar-refractivity contribution in [3.63, 3.8) is 0 Å². The molecule has 0 saturated heterocycles. The van der Waals surface area contributed by atoms with Crippen LogP contribution < -0.4 is 10.1 Å². The van der Waals surface area contributed by atoms with Crippen LogP contribution in [-0.2, 0) is 6.54 Å². The minimum absolute atomic E-state index is 0.251. The minimum Gasteiger partial charge on any atom is -0.457 e. The highest BCUT2D eigenvalue weighted by molar-refractivity contribution is 9.10. The molecule has 0 heterocycles. The average Bonchev–Trinajstić information content (AvgIpc) is 2.44. The van der Waals surface area contributed by atoms with E-state index in [4.69, 9.17) is 4.74 Å². The largest absolute Gasteiger partial charge is 0.457 e. The van der Waals surface area contributed by atoms with Crippen molar-refractivity contribution >= 4 is 15.9 Å². The van der Waals surface area contributed by atoms with Gasteiger partial charge in [0, 0.05) is 16.6 Å². The Hall–Kier alpha value is -1.39. The Kier molecular flexibility index (Phi) is 5.76. The maximum absolute atomic E-state index is 13.2. The molecule has 0 radical (unpaired) electrons. The van der Waals surface area contributed by atoms with Crippen molar-refractivity contribution in [3.8, 4) is 11.5 Å². The van der Waals surface area contributed by atoms with Gasteiger partial charge in [0.1, 0.15) is 17.3 Å². The average molecular weight is 352 g/mol. The fourth-order valence-electron chi connectivity index (χ4n) is 2.02. The molecule has 0 fully saturated rings. The minimum atomic E-state index is -0.251. The van der Waals surface area contributed by atoms with Gasteiger partial charge in [0.25, 0.3) is 0 Å². The van der Waals surface area contributed by atoms with E-state index in [1.54, 1.807) is 6.07 Å². The van der Waals surface area contributed by atoms with Gasteiger partial charge in [-0.25, -0.2) is 4.39 Å². The van der Waals surface area contributed by atoms with Gasteiger partial charge in [-0.1, -0.05) is 28.9 Å². The SMILES string of the molecule is CCCNCc1ccc(Br)cc1Oc1ccc(F)cc1C. The summed E-state index contributed by atoms with van der Waals surface area (Å²) in [6.45, 7) is 5.68. The molecule has 21 heavy (non-hydrogen) atoms. The second-order valence-electron chi connectivity index (χ2n) is 4.94. The molecule has 2 aromatic carbocycles. The molecule has 0 unspecified atom stereocenters. The smallest absolute Gasteiger partial charge is 0.133 e. The number of aryl methyl sites for hydroxylation is 1. The van der Waals surface area contributed by atoms with Crippen LogP contribution in [0.1, 0.15) is 24.5 Å². The molecule has 2 aromatic rings. The van der Waals surface area contributed by atoms with Crippen molar-refractivity contribution in [2.24, 2.45) is 0 Å². The van der Waals surface area contributed by atoms with E-state index < -0.39 is 0 Å². The van der Waals surface area contributed by atoms with E-state index >= 15 is 0 Å². The Morgan fingerprint density at radius 3 is 2.67 bits per heavy atom. The zero-order valence-corrected chi connectivity index (χ0v) is 13.8. The molecule has 0 aliphatic heterocycles. The normalized spacial score (nSPS) is 10.7. The van der Waals surface area contributed by atoms with Gasteiger partial charge in [0.05, 0.1) is 0 Å². The summed E-state index contributed by atoms with van der Waals surface area (Å²) >= 11 is 3.46. The standard InChI is InChI=1S/C17H19BrFNO/c1-3-8-20-11-13-4-5-14(18)10-17(13)21-16-7-6-15(19)9-12(16)2/h4-7,9-10,20H,3,8,11H2,1-2H3. The number of benzene rings is 2. The van der Waals surface area contributed by atoms with E-state index in [0.717, 1.165) is 40.9 Å². The van der Waals surface area contributed by atoms with Crippen molar-refractivity contribution in [2.45, 2.75) is 26.8 Å². The van der Waals surface area contributed by atoms with Crippen molar-refractivity contribution in [3.05, 3.63) is 57.8 Å². The molecular weight excluding hydrogens is 333 g/mol. The third kappa shape index (κ3) is 4.55. The fourth-order valence-corrected chi connectivity index (χ4v) is 2.36. The van der Waals surface area contributed by atoms with Gasteiger partial charge in [-0.05, 0) is 55.8 Å². The van der Waals surface area contributed by atoms with Crippen LogP contribution >= 0.6 is 15.9 Å². The highest BCUT2D eigenvalue weighted by Crippen LogP contribution is 2.30. The third-order valence-electron chi connectivity index (χ3n) is 3.13. The molecule has 2 rings (SSSR count). The van der Waals surface area contributed by atoms with Crippen LogP contribution in [0.3, 0.4) is 0 Å². The number of nitrogens with one attached hydrogen (secondary N) is 1. The second kappa shape index (κ2) is 7.57. The summed E-state index contributed by atoms with van der Waals surface area (Å²) in [5, 5.41) is 3.37. The van der Waals surface area contributed by atoms with Crippen LogP contribution in [0.25, 0.3) is 0 Å². The number of halogens is 2. The lowest BCUT2D eigenvalue weighted by molar-refractivity contribution is 0.467. The lowest BCUT2D eigenvalue weighted by atomic mass is 10.2. The molecule has 112 valence electrons. The first-order valence-corrected chi connectivity index (χ1v) is 7.82. The zero-order valence-electron chi connectivity index (χ0n) is 12.2. The van der Waals surface area contributed by atoms with Crippen molar-refractivity contribution in [1.29, 1.82) is 0 Å². The number of rotatable bonds is 6. The first-order valence-electron chi connectivity index (χ1n) is 7.03. The topological polar surface area (TPSA) is 21.3 Å². The lowest BCUT2D eigenvalue weighted by Crippen LogP contribution is -2.14. The Labute approximate surface area is 133 Å². The molecule has 0 saturated carbocycles. The van der Waals surface area contributed by atoms with Gasteiger partial charge in [-0.2, -0.15) is 0 Å². The molecule has 0 spiro atoms. The van der Waals surface area contributed by atoms with Gasteiger partial charge in [0.15, 0.2) is 0 Å². The van der Waals surface area contributed by atoms with Gasteiger partial charge >= 0.3 is 0 Å². The van der Waals surface area contributed by atoms with E-state index in [0.29, 0.717) is 5.75 Å². The van der Waals surface area contributed by atoms with Gasteiger partial charge in [-0.15, -0.1) is 0 Å². The molecule has 4 heteroatoms. The maximum atomic E-state index is 13.2. The molecule has 0 aliphatic carbocycles. The van der Waals surface area contributed by atoms with Crippen molar-refractivity contribution < 1.29 is 9.13 Å². The molecule has 2 nitrogen and oxygen atoms in total. The predicted molar refractivity (Wildman–Crippen MR) is 87.4 cm³/mol. The summed E-state index contributed by atoms with van der Waals surface area (Å²) in [6.07, 6.45) is 1.09. The van der Waals surface area contributed by atoms with Gasteiger partial charge in [-0.3, -0.25) is 0 Å². The van der Waals surface area contributed by atoms with Crippen LogP contribution in [0.5, 0.6) is 11.5 Å². The molecule has 0 bridgehead atoms. The summed E-state index contributed by atoms with van der Waals surface area (Å²) in [6, 6.07) is 10.5. The lowest BCUT2D eigenvalue weighted by Gasteiger charge is -2.14. The monoisotopic (exact) mass is 351 g/mol. The number of hydrogen-bond donors (Lipinski definition) is 1. The number of ether oxygens (including phenoxy) is 1. The van der Waals surface area contributed by atoms with Crippen LogP contribution in [0, 0.1) is 12.7 Å². The quantitative estimate of drug-likeness (QED) is 0.723. The summed E-state index contributed by atoms with van der Waals surface area (Å²) in [5.41, 5.74) is 1.86. The van der Waals surface area contributed by atoms with Gasteiger partial charge < -0.3 is 10.1 Å². The Balaban J connectivity index is 2.22. The number of hydrogen-bond acceptors (Lipinski definition) is 2. The molecule has 1 N–H and O–H groups in total. The first kappa shape index (κ1) is 16.0. The van der Waals surface area contributed by atoms with Crippen LogP contribution in [0.2, 0.25) is 0 Å². The Morgan fingerprint density at radius 1 is 1.14 bits per heavy atom. The first-order chi connectivity index (χ1) is 10.1. The summed E-state index contributed by atoms with van der Waals surface area (Å²) in [4.78, 5) is 0. The van der Waals surface area contributed by atoms with Crippen LogP contribution in [0.4, 0.5) is 4.39 Å². The predicted octanol–water partition coefficient (Wildman–Crippen LogP) is 5.19. The van der Waals surface area contributed by atoms with E-state index in [1.165, 1.54) is 12.1 Å². The fraction of sp³-hybridized carbons (Fsp3) is 0.294. The maximum Gasteiger partial charge on any atom is 0.133 e. The molecule has 0 aromatic heterocycles. The Bertz CT molecular complexity index is 616. The molecule has 0 aliphatic rings. The van der Waals surface area contributed by atoms with E-state index in [1.807, 2.05) is 25.1 Å². The second-order valence-corrected chi connectivity index (χ2v) is 5.86.